The molecule has 29 heavy (non-hydrogen) atoms. The highest BCUT2D eigenvalue weighted by Crippen LogP contribution is 2.51. The lowest BCUT2D eigenvalue weighted by Crippen LogP contribution is -2.35. The van der Waals surface area contributed by atoms with Gasteiger partial charge in [0.2, 0.25) is 0 Å². The fourth-order valence-corrected chi connectivity index (χ4v) is 4.62. The van der Waals surface area contributed by atoms with Gasteiger partial charge in [-0.3, -0.25) is 0 Å². The Balaban J connectivity index is 2.35. The zero-order valence-electron chi connectivity index (χ0n) is 17.4. The second-order valence-electron chi connectivity index (χ2n) is 9.62. The van der Waals surface area contributed by atoms with E-state index in [-0.39, 0.29) is 16.4 Å². The topological polar surface area (TPSA) is 32.6 Å². The van der Waals surface area contributed by atoms with Crippen LogP contribution in [0, 0.1) is 0 Å². The van der Waals surface area contributed by atoms with Gasteiger partial charge in [0, 0.05) is 0 Å². The first-order chi connectivity index (χ1) is 13.2. The summed E-state index contributed by atoms with van der Waals surface area (Å²) in [7, 11) is 0. The van der Waals surface area contributed by atoms with E-state index in [0.717, 1.165) is 24.0 Å². The van der Waals surface area contributed by atoms with E-state index in [1.165, 1.54) is 12.3 Å². The zero-order valence-corrected chi connectivity index (χ0v) is 18.2. The highest BCUT2D eigenvalue weighted by Gasteiger charge is 2.44. The van der Waals surface area contributed by atoms with Crippen LogP contribution in [0.25, 0.3) is 5.57 Å². The summed E-state index contributed by atoms with van der Waals surface area (Å²) in [5, 5.41) is 11.9. The molecular weight excluding hydrogens is 399 g/mol. The van der Waals surface area contributed by atoms with Gasteiger partial charge in [-0.05, 0) is 83.1 Å². The van der Waals surface area contributed by atoms with Crippen LogP contribution in [0.5, 0.6) is 0 Å². The second kappa shape index (κ2) is 6.90. The van der Waals surface area contributed by atoms with E-state index in [0.29, 0.717) is 17.6 Å². The predicted molar refractivity (Wildman–Crippen MR) is 112 cm³/mol. The Labute approximate surface area is 175 Å². The van der Waals surface area contributed by atoms with Gasteiger partial charge in [0.1, 0.15) is 0 Å². The first-order valence-electron chi connectivity index (χ1n) is 9.74. The summed E-state index contributed by atoms with van der Waals surface area (Å²) in [5.41, 5.74) is 1.51. The molecule has 0 aliphatic heterocycles. The number of fused-ring (bicyclic) bond motifs is 1. The maximum atomic E-state index is 14.2. The van der Waals surface area contributed by atoms with Gasteiger partial charge >= 0.3 is 6.18 Å². The highest BCUT2D eigenvalue weighted by atomic mass is 35.5. The van der Waals surface area contributed by atoms with Gasteiger partial charge in [-0.1, -0.05) is 38.9 Å². The first kappa shape index (κ1) is 21.9. The van der Waals surface area contributed by atoms with Crippen molar-refractivity contribution in [1.82, 2.24) is 0 Å². The van der Waals surface area contributed by atoms with Crippen LogP contribution in [-0.2, 0) is 17.0 Å². The van der Waals surface area contributed by atoms with Crippen LogP contribution in [0.3, 0.4) is 0 Å². The van der Waals surface area contributed by atoms with Crippen LogP contribution in [-0.4, -0.2) is 16.3 Å². The van der Waals surface area contributed by atoms with Crippen LogP contribution < -0.4 is 0 Å². The van der Waals surface area contributed by atoms with E-state index in [2.05, 4.69) is 19.0 Å². The minimum atomic E-state index is -4.51. The molecule has 1 aromatic rings. The molecule has 2 nitrogen and oxygen atoms in total. The predicted octanol–water partition coefficient (Wildman–Crippen LogP) is 7.23. The van der Waals surface area contributed by atoms with E-state index in [1.54, 1.807) is 25.1 Å². The Kier molecular flexibility index (Phi) is 5.22. The molecule has 2 aliphatic rings. The summed E-state index contributed by atoms with van der Waals surface area (Å²) >= 11 is 6.68. The van der Waals surface area contributed by atoms with E-state index < -0.39 is 16.6 Å². The Morgan fingerprint density at radius 1 is 1.03 bits per heavy atom. The van der Waals surface area contributed by atoms with Crippen molar-refractivity contribution in [1.29, 1.82) is 0 Å². The third-order valence-electron chi connectivity index (χ3n) is 6.39. The third-order valence-corrected chi connectivity index (χ3v) is 6.74. The van der Waals surface area contributed by atoms with Crippen molar-refractivity contribution in [3.8, 4) is 0 Å². The Hall–Kier alpha value is -1.75. The summed E-state index contributed by atoms with van der Waals surface area (Å²) in [6.07, 6.45) is 2.12. The fourth-order valence-electron chi connectivity index (χ4n) is 4.38. The van der Waals surface area contributed by atoms with E-state index in [9.17, 15) is 13.2 Å². The maximum absolute atomic E-state index is 14.2. The van der Waals surface area contributed by atoms with Crippen molar-refractivity contribution < 1.29 is 18.4 Å². The van der Waals surface area contributed by atoms with Gasteiger partial charge in [0.05, 0.1) is 16.7 Å². The number of nitrogens with zero attached hydrogens (tertiary/aromatic N) is 1. The molecule has 3 rings (SSSR count). The van der Waals surface area contributed by atoms with Crippen molar-refractivity contribution >= 4 is 23.4 Å². The van der Waals surface area contributed by atoms with Crippen LogP contribution in [0.15, 0.2) is 35.0 Å². The second-order valence-corrected chi connectivity index (χ2v) is 10.5. The lowest BCUT2D eigenvalue weighted by atomic mass is 9.62. The quantitative estimate of drug-likeness (QED) is 0.230. The van der Waals surface area contributed by atoms with E-state index in [1.807, 2.05) is 13.8 Å². The van der Waals surface area contributed by atoms with Crippen LogP contribution in [0.4, 0.5) is 13.2 Å². The van der Waals surface area contributed by atoms with E-state index >= 15 is 0 Å². The molecule has 2 aliphatic carbocycles. The Morgan fingerprint density at radius 2 is 1.59 bits per heavy atom. The number of hydrogen-bond donors (Lipinski definition) is 1. The van der Waals surface area contributed by atoms with Crippen LogP contribution in [0.2, 0.25) is 0 Å². The summed E-state index contributed by atoms with van der Waals surface area (Å²) in [4.78, 5) is -0.991. The number of oxime groups is 1. The molecule has 0 spiro atoms. The molecule has 0 heterocycles. The molecule has 0 radical (unpaired) electrons. The number of alkyl halides is 4. The molecule has 0 bridgehead atoms. The smallest absolute Gasteiger partial charge is 0.411 e. The molecule has 0 fully saturated rings. The lowest BCUT2D eigenvalue weighted by Gasteiger charge is -2.43. The average Bonchev–Trinajstić information content (AvgIpc) is 2.59. The van der Waals surface area contributed by atoms with Crippen molar-refractivity contribution in [3.05, 3.63) is 52.1 Å². The normalized spacial score (nSPS) is 26.1. The van der Waals surface area contributed by atoms with Crippen LogP contribution in [0.1, 0.15) is 76.1 Å². The van der Waals surface area contributed by atoms with Gasteiger partial charge in [-0.25, -0.2) is 0 Å². The minimum absolute atomic E-state index is 0.108. The third kappa shape index (κ3) is 3.98. The zero-order chi connectivity index (χ0) is 21.8. The SMILES string of the molecule is CC1(Cl)CC=C(/C=N/O)C=C1c1cc2c(cc1C(F)(F)F)C(C)(C)CCC2(C)C. The van der Waals surface area contributed by atoms with Crippen molar-refractivity contribution in [2.75, 3.05) is 0 Å². The largest absolute Gasteiger partial charge is 0.417 e. The van der Waals surface area contributed by atoms with E-state index in [4.69, 9.17) is 16.8 Å². The molecule has 0 amide bonds. The summed E-state index contributed by atoms with van der Waals surface area (Å²) in [6, 6.07) is 3.03. The molecule has 1 N–H and O–H groups in total. The Bertz CT molecular complexity index is 921. The monoisotopic (exact) mass is 425 g/mol. The fraction of sp³-hybridized carbons (Fsp3) is 0.522. The van der Waals surface area contributed by atoms with Crippen molar-refractivity contribution in [3.63, 3.8) is 0 Å². The molecule has 0 saturated heterocycles. The first-order valence-corrected chi connectivity index (χ1v) is 10.1. The standard InChI is InChI=1S/C23H27ClF3NO/c1-20(2)8-9-21(3,4)19-12-17(23(25,26)27)15(11-18(19)20)16-10-14(13-28-29)6-7-22(16,5)24/h6,10-13,29H,7-9H2,1-5H3/b28-13+. The van der Waals surface area contributed by atoms with Gasteiger partial charge in [0.15, 0.2) is 0 Å². The number of benzene rings is 1. The molecule has 1 unspecified atom stereocenters. The number of rotatable bonds is 2. The molecular formula is C23H27ClF3NO. The number of allylic oxidation sites excluding steroid dienone is 4. The van der Waals surface area contributed by atoms with Gasteiger partial charge < -0.3 is 5.21 Å². The number of halogens is 4. The van der Waals surface area contributed by atoms with Crippen LogP contribution >= 0.6 is 11.6 Å². The molecule has 0 saturated carbocycles. The number of hydrogen-bond acceptors (Lipinski definition) is 2. The molecule has 1 atom stereocenters. The lowest BCUT2D eigenvalue weighted by molar-refractivity contribution is -0.137. The highest BCUT2D eigenvalue weighted by molar-refractivity contribution is 6.30. The Morgan fingerprint density at radius 3 is 2.10 bits per heavy atom. The maximum Gasteiger partial charge on any atom is 0.417 e. The van der Waals surface area contributed by atoms with Gasteiger partial charge in [-0.2, -0.15) is 13.2 Å². The van der Waals surface area contributed by atoms with Crippen molar-refractivity contribution in [2.45, 2.75) is 75.8 Å². The summed E-state index contributed by atoms with van der Waals surface area (Å²) in [6.45, 7) is 9.89. The summed E-state index contributed by atoms with van der Waals surface area (Å²) < 4.78 is 42.5. The van der Waals surface area contributed by atoms with Gasteiger partial charge in [0.25, 0.3) is 0 Å². The van der Waals surface area contributed by atoms with Gasteiger partial charge in [-0.15, -0.1) is 11.6 Å². The molecule has 1 aromatic carbocycles. The van der Waals surface area contributed by atoms with Crippen molar-refractivity contribution in [2.24, 2.45) is 5.16 Å². The average molecular weight is 426 g/mol. The summed E-state index contributed by atoms with van der Waals surface area (Å²) in [5.74, 6) is 0. The molecule has 158 valence electrons. The molecule has 0 aromatic heterocycles. The minimum Gasteiger partial charge on any atom is -0.411 e. The molecule has 6 heteroatoms.